The fraction of sp³-hybridized carbons (Fsp3) is 0.273. The van der Waals surface area contributed by atoms with E-state index in [-0.39, 0.29) is 39.5 Å². The molecular weight excluding hydrogens is 857 g/mol. The smallest absolute Gasteiger partial charge is 0.332 e. The van der Waals surface area contributed by atoms with E-state index in [4.69, 9.17) is 38.4 Å². The minimum absolute atomic E-state index is 0.0489. The number of hydrogen-bond acceptors (Lipinski definition) is 11. The number of phenols is 1. The molecule has 6 amide bonds. The number of nitrogens with one attached hydrogen (secondary N) is 3. The molecule has 0 saturated heterocycles. The molecule has 0 bridgehead atoms. The van der Waals surface area contributed by atoms with Crippen molar-refractivity contribution >= 4 is 82.4 Å². The maximum Gasteiger partial charge on any atom is 0.332 e. The number of phenolic OH excluding ortho intramolecular Hbond substituents is 1. The van der Waals surface area contributed by atoms with Crippen molar-refractivity contribution in [2.75, 3.05) is 29.5 Å². The Bertz CT molecular complexity index is 2440. The predicted molar refractivity (Wildman–Crippen MR) is 233 cm³/mol. The van der Waals surface area contributed by atoms with Gasteiger partial charge >= 0.3 is 18.0 Å². The number of fused-ring (bicyclic) bond motifs is 4. The molecule has 6 rings (SSSR count). The van der Waals surface area contributed by atoms with E-state index in [0.717, 1.165) is 50.4 Å². The van der Waals surface area contributed by atoms with Crippen molar-refractivity contribution < 1.29 is 48.1 Å². The lowest BCUT2D eigenvalue weighted by atomic mass is 9.98. The summed E-state index contributed by atoms with van der Waals surface area (Å²) in [5.74, 6) is -5.68. The number of carbonyl (C=O) groups is 7. The third kappa shape index (κ3) is 11.1. The highest BCUT2D eigenvalue weighted by Crippen LogP contribution is 2.44. The molecule has 6 N–H and O–H groups in total. The number of primary amides is 1. The number of hydrazone groups is 1. The molecule has 19 heteroatoms. The van der Waals surface area contributed by atoms with Crippen molar-refractivity contribution in [1.82, 2.24) is 16.1 Å². The second kappa shape index (κ2) is 19.4. The molecule has 4 aromatic rings. The zero-order valence-electron chi connectivity index (χ0n) is 34.2. The van der Waals surface area contributed by atoms with Crippen LogP contribution in [0.4, 0.5) is 16.2 Å². The average molecular weight is 901 g/mol. The van der Waals surface area contributed by atoms with Crippen molar-refractivity contribution in [2.24, 2.45) is 10.8 Å². The third-order valence-electron chi connectivity index (χ3n) is 9.83. The summed E-state index contributed by atoms with van der Waals surface area (Å²) >= 11 is 12.2. The number of urea groups is 1. The second-order valence-corrected chi connectivity index (χ2v) is 16.4. The molecule has 1 heterocycles. The van der Waals surface area contributed by atoms with Gasteiger partial charge in [-0.15, -0.1) is 0 Å². The Morgan fingerprint density at radius 1 is 0.905 bits per heavy atom. The van der Waals surface area contributed by atoms with Crippen molar-refractivity contribution in [3.8, 4) is 16.9 Å². The van der Waals surface area contributed by atoms with Crippen molar-refractivity contribution in [3.63, 3.8) is 0 Å². The number of amides is 6. The SMILES string of the molecule is CC(C)(C)OC(=O)C[C@@H](/C=N\NC(N)=O)NC(=O)CN1C(=O)[C@@H](NC(=O)c2cc(Cl)c(O)c(Cl)c2)CN(C(=O)CC(=O)OCC2c3ccccc3-c3ccccc32)c2ccccc21. The molecule has 1 aliphatic carbocycles. The van der Waals surface area contributed by atoms with E-state index in [0.29, 0.717) is 0 Å². The van der Waals surface area contributed by atoms with Gasteiger partial charge in [-0.3, -0.25) is 33.7 Å². The molecule has 328 valence electrons. The van der Waals surface area contributed by atoms with Crippen LogP contribution in [0.3, 0.4) is 0 Å². The van der Waals surface area contributed by atoms with Crippen LogP contribution in [0, 0.1) is 0 Å². The van der Waals surface area contributed by atoms with Crippen LogP contribution in [0.15, 0.2) is 90.0 Å². The first-order chi connectivity index (χ1) is 29.9. The van der Waals surface area contributed by atoms with Crippen molar-refractivity contribution in [2.45, 2.75) is 57.2 Å². The monoisotopic (exact) mass is 899 g/mol. The lowest BCUT2D eigenvalue weighted by Gasteiger charge is -2.26. The number of nitrogens with two attached hydrogens (primary N) is 1. The topological polar surface area (TPSA) is 239 Å². The first-order valence-electron chi connectivity index (χ1n) is 19.5. The van der Waals surface area contributed by atoms with Crippen LogP contribution >= 0.6 is 23.2 Å². The number of aromatic hydroxyl groups is 1. The van der Waals surface area contributed by atoms with E-state index in [9.17, 15) is 38.7 Å². The Hall–Kier alpha value is -6.98. The normalized spacial score (nSPS) is 15.1. The molecule has 0 aromatic heterocycles. The minimum Gasteiger partial charge on any atom is -0.505 e. The zero-order chi connectivity index (χ0) is 45.6. The first-order valence-corrected chi connectivity index (χ1v) is 20.3. The van der Waals surface area contributed by atoms with Gasteiger partial charge in [0, 0.05) is 17.7 Å². The Balaban J connectivity index is 1.27. The van der Waals surface area contributed by atoms with Gasteiger partial charge < -0.3 is 35.8 Å². The van der Waals surface area contributed by atoms with Gasteiger partial charge in [0.25, 0.3) is 11.8 Å². The number of carbonyl (C=O) groups excluding carboxylic acids is 7. The summed E-state index contributed by atoms with van der Waals surface area (Å²) in [5.41, 5.74) is 10.2. The Morgan fingerprint density at radius 2 is 1.49 bits per heavy atom. The predicted octanol–water partition coefficient (Wildman–Crippen LogP) is 4.79. The third-order valence-corrected chi connectivity index (χ3v) is 10.4. The van der Waals surface area contributed by atoms with Crippen molar-refractivity contribution in [3.05, 3.63) is 112 Å². The van der Waals surface area contributed by atoms with Crippen LogP contribution in [-0.4, -0.2) is 90.3 Å². The number of nitrogens with zero attached hydrogens (tertiary/aromatic N) is 3. The molecule has 1 aliphatic heterocycles. The largest absolute Gasteiger partial charge is 0.505 e. The molecule has 2 aliphatic rings. The molecule has 0 radical (unpaired) electrons. The van der Waals surface area contributed by atoms with Crippen LogP contribution in [0.2, 0.25) is 10.0 Å². The van der Waals surface area contributed by atoms with E-state index in [2.05, 4.69) is 15.7 Å². The molecule has 0 saturated carbocycles. The van der Waals surface area contributed by atoms with Crippen LogP contribution in [0.25, 0.3) is 11.1 Å². The Morgan fingerprint density at radius 3 is 2.10 bits per heavy atom. The second-order valence-electron chi connectivity index (χ2n) is 15.5. The summed E-state index contributed by atoms with van der Waals surface area (Å²) in [6.07, 6.45) is -0.147. The summed E-state index contributed by atoms with van der Waals surface area (Å²) in [5, 5.41) is 18.4. The highest BCUT2D eigenvalue weighted by atomic mass is 35.5. The van der Waals surface area contributed by atoms with Crippen LogP contribution in [-0.2, 0) is 33.4 Å². The van der Waals surface area contributed by atoms with Gasteiger partial charge in [-0.2, -0.15) is 5.10 Å². The number of hydrogen-bond donors (Lipinski definition) is 5. The standard InChI is InChI=1S/C44H43Cl2N7O10/c1-44(2,3)63-39(57)18-25(20-48-51-43(47)61)49-36(54)22-53-35-15-9-8-14-34(35)52(21-33(42(53)60)50-41(59)24-16-31(45)40(58)32(46)17-24)37(55)19-38(56)62-23-30-28-12-6-4-10-26(28)27-11-5-7-13-29(27)30/h4-17,20,25,30,33,58H,18-19,21-23H2,1-3H3,(H,49,54)(H,50,59)(H3,47,51,61)/b48-20-/t25-,33-/m0/s1. The van der Waals surface area contributed by atoms with E-state index >= 15 is 0 Å². The summed E-state index contributed by atoms with van der Waals surface area (Å²) in [6, 6.07) is 20.1. The van der Waals surface area contributed by atoms with Gasteiger partial charge in [0.2, 0.25) is 11.8 Å². The fourth-order valence-corrected chi connectivity index (χ4v) is 7.69. The maximum absolute atomic E-state index is 14.6. The van der Waals surface area contributed by atoms with Crippen molar-refractivity contribution in [1.29, 1.82) is 0 Å². The quantitative estimate of drug-likeness (QED) is 0.0532. The molecule has 0 unspecified atom stereocenters. The number of esters is 2. The van der Waals surface area contributed by atoms with Crippen LogP contribution in [0.1, 0.15) is 61.0 Å². The summed E-state index contributed by atoms with van der Waals surface area (Å²) in [7, 11) is 0. The molecular formula is C44H43Cl2N7O10. The Kier molecular flexibility index (Phi) is 14.0. The lowest BCUT2D eigenvalue weighted by Crippen LogP contribution is -2.55. The first kappa shape index (κ1) is 45.5. The van der Waals surface area contributed by atoms with E-state index < -0.39 is 91.0 Å². The van der Waals surface area contributed by atoms with Gasteiger partial charge in [0.05, 0.1) is 40.4 Å². The zero-order valence-corrected chi connectivity index (χ0v) is 35.7. The number of benzene rings is 4. The summed E-state index contributed by atoms with van der Waals surface area (Å²) < 4.78 is 11.1. The number of ether oxygens (including phenoxy) is 2. The van der Waals surface area contributed by atoms with Crippen LogP contribution in [0.5, 0.6) is 5.75 Å². The van der Waals surface area contributed by atoms with Crippen LogP contribution < -0.4 is 31.6 Å². The van der Waals surface area contributed by atoms with Gasteiger partial charge in [-0.25, -0.2) is 10.2 Å². The Labute approximate surface area is 371 Å². The minimum atomic E-state index is -1.56. The van der Waals surface area contributed by atoms with E-state index in [1.165, 1.54) is 12.1 Å². The summed E-state index contributed by atoms with van der Waals surface area (Å²) in [4.78, 5) is 95.9. The molecule has 63 heavy (non-hydrogen) atoms. The van der Waals surface area contributed by atoms with Gasteiger partial charge in [-0.05, 0) is 67.3 Å². The lowest BCUT2D eigenvalue weighted by molar-refractivity contribution is -0.155. The average Bonchev–Trinajstić information content (AvgIpc) is 3.49. The number of halogens is 2. The van der Waals surface area contributed by atoms with E-state index in [1.54, 1.807) is 32.9 Å². The molecule has 2 atom stereocenters. The highest BCUT2D eigenvalue weighted by molar-refractivity contribution is 6.37. The number of rotatable bonds is 13. The molecule has 0 spiro atoms. The molecule has 17 nitrogen and oxygen atoms in total. The number of anilines is 2. The maximum atomic E-state index is 14.6. The van der Waals surface area contributed by atoms with Gasteiger partial charge in [0.15, 0.2) is 5.75 Å². The summed E-state index contributed by atoms with van der Waals surface area (Å²) in [6.45, 7) is 3.66. The van der Waals surface area contributed by atoms with Gasteiger partial charge in [0.1, 0.15) is 31.2 Å². The highest BCUT2D eigenvalue weighted by Gasteiger charge is 2.39. The van der Waals surface area contributed by atoms with Gasteiger partial charge in [-0.1, -0.05) is 83.9 Å². The fourth-order valence-electron chi connectivity index (χ4n) is 7.21. The van der Waals surface area contributed by atoms with E-state index in [1.807, 2.05) is 54.0 Å². The molecule has 4 aromatic carbocycles. The number of para-hydroxylation sites is 2. The molecule has 0 fully saturated rings.